The Morgan fingerprint density at radius 2 is 1.49 bits per heavy atom. The van der Waals surface area contributed by atoms with Crippen LogP contribution in [0.3, 0.4) is 0 Å². The molecule has 2 atom stereocenters. The Kier molecular flexibility index (Phi) is 9.39. The highest BCUT2D eigenvalue weighted by Crippen LogP contribution is 2.38. The van der Waals surface area contributed by atoms with Gasteiger partial charge in [0, 0.05) is 30.9 Å². The molecule has 0 aliphatic carbocycles. The second kappa shape index (κ2) is 13.5. The molecule has 0 radical (unpaired) electrons. The third kappa shape index (κ3) is 7.41. The molecule has 2 fully saturated rings. The highest BCUT2D eigenvalue weighted by atomic mass is 16.4. The lowest BCUT2D eigenvalue weighted by Crippen LogP contribution is -2.50. The van der Waals surface area contributed by atoms with E-state index < -0.39 is 12.0 Å². The molecular formula is C34H38N4O5. The quantitative estimate of drug-likeness (QED) is 0.318. The Morgan fingerprint density at radius 1 is 0.814 bits per heavy atom. The molecule has 43 heavy (non-hydrogen) atoms. The van der Waals surface area contributed by atoms with E-state index in [9.17, 15) is 19.2 Å². The van der Waals surface area contributed by atoms with Gasteiger partial charge >= 0.3 is 12.0 Å². The number of aryl methyl sites for hydroxylation is 1. The molecule has 3 N–H and O–H groups in total. The second-order valence-electron chi connectivity index (χ2n) is 11.5. The molecular weight excluding hydrogens is 544 g/mol. The van der Waals surface area contributed by atoms with Gasteiger partial charge in [0.05, 0.1) is 12.5 Å². The lowest BCUT2D eigenvalue weighted by Gasteiger charge is -2.36. The van der Waals surface area contributed by atoms with Gasteiger partial charge < -0.3 is 25.5 Å². The molecule has 9 heteroatoms. The summed E-state index contributed by atoms with van der Waals surface area (Å²) in [4.78, 5) is 54.8. The van der Waals surface area contributed by atoms with Crippen LogP contribution in [0.4, 0.5) is 16.2 Å². The van der Waals surface area contributed by atoms with Gasteiger partial charge in [0.15, 0.2) is 0 Å². The SMILES string of the molecule is Cc1ccccc1NC(=O)Nc1ccc(CC(=O)N2C(C(=O)N3CCC(CC(=O)O)CC3)CCC2c2ccccc2)cc1. The minimum absolute atomic E-state index is 0.0558. The molecule has 0 spiro atoms. The fraction of sp³-hybridized carbons (Fsp3) is 0.353. The maximum atomic E-state index is 13.9. The van der Waals surface area contributed by atoms with Gasteiger partial charge in [-0.2, -0.15) is 0 Å². The van der Waals surface area contributed by atoms with E-state index >= 15 is 0 Å². The number of aliphatic carboxylic acids is 1. The zero-order chi connectivity index (χ0) is 30.3. The van der Waals surface area contributed by atoms with E-state index in [-0.39, 0.29) is 42.6 Å². The number of anilines is 2. The molecule has 2 aliphatic heterocycles. The number of para-hydroxylation sites is 1. The van der Waals surface area contributed by atoms with Gasteiger partial charge in [-0.3, -0.25) is 14.4 Å². The molecule has 3 aromatic rings. The largest absolute Gasteiger partial charge is 0.481 e. The van der Waals surface area contributed by atoms with Crippen molar-refractivity contribution in [2.45, 2.75) is 57.5 Å². The second-order valence-corrected chi connectivity index (χ2v) is 11.5. The van der Waals surface area contributed by atoms with Crippen LogP contribution in [-0.4, -0.2) is 57.9 Å². The summed E-state index contributed by atoms with van der Waals surface area (Å²) in [7, 11) is 0. The molecule has 0 aromatic heterocycles. The average Bonchev–Trinajstić information content (AvgIpc) is 3.45. The van der Waals surface area contributed by atoms with Gasteiger partial charge in [-0.15, -0.1) is 0 Å². The fourth-order valence-corrected chi connectivity index (χ4v) is 6.19. The number of benzene rings is 3. The molecule has 2 unspecified atom stereocenters. The molecule has 5 rings (SSSR count). The maximum absolute atomic E-state index is 13.9. The lowest BCUT2D eigenvalue weighted by atomic mass is 9.93. The summed E-state index contributed by atoms with van der Waals surface area (Å²) in [5.41, 5.74) is 4.08. The van der Waals surface area contributed by atoms with Crippen molar-refractivity contribution in [2.24, 2.45) is 5.92 Å². The van der Waals surface area contributed by atoms with Crippen molar-refractivity contribution in [1.82, 2.24) is 9.80 Å². The molecule has 3 aromatic carbocycles. The van der Waals surface area contributed by atoms with E-state index in [4.69, 9.17) is 5.11 Å². The van der Waals surface area contributed by atoms with Crippen molar-refractivity contribution in [3.8, 4) is 0 Å². The number of nitrogens with zero attached hydrogens (tertiary/aromatic N) is 2. The van der Waals surface area contributed by atoms with Crippen molar-refractivity contribution in [2.75, 3.05) is 23.7 Å². The van der Waals surface area contributed by atoms with Crippen LogP contribution in [0.25, 0.3) is 0 Å². The molecule has 0 saturated carbocycles. The molecule has 2 saturated heterocycles. The van der Waals surface area contributed by atoms with E-state index in [1.165, 1.54) is 0 Å². The van der Waals surface area contributed by atoms with Crippen LogP contribution in [0.5, 0.6) is 0 Å². The van der Waals surface area contributed by atoms with Gasteiger partial charge in [-0.05, 0) is 73.4 Å². The molecule has 2 heterocycles. The minimum Gasteiger partial charge on any atom is -0.481 e. The van der Waals surface area contributed by atoms with Crippen LogP contribution in [0, 0.1) is 12.8 Å². The number of amides is 4. The standard InChI is InChI=1S/C34H38N4O5/c1-23-7-5-6-10-28(23)36-34(43)35-27-13-11-24(12-14-27)21-31(39)38-29(26-8-3-2-4-9-26)15-16-30(38)33(42)37-19-17-25(18-20-37)22-32(40)41/h2-14,25,29-30H,15-22H2,1H3,(H,40,41)(H2,35,36,43). The average molecular weight is 583 g/mol. The number of piperidine rings is 1. The molecule has 224 valence electrons. The Bertz CT molecular complexity index is 1450. The Hall–Kier alpha value is -4.66. The topological polar surface area (TPSA) is 119 Å². The number of carbonyl (C=O) groups is 4. The number of rotatable bonds is 8. The maximum Gasteiger partial charge on any atom is 0.323 e. The van der Waals surface area contributed by atoms with Crippen LogP contribution in [0.1, 0.15) is 54.8 Å². The van der Waals surface area contributed by atoms with Crippen molar-refractivity contribution in [1.29, 1.82) is 0 Å². The van der Waals surface area contributed by atoms with Gasteiger partial charge in [0.1, 0.15) is 6.04 Å². The van der Waals surface area contributed by atoms with E-state index in [1.807, 2.05) is 73.7 Å². The first kappa shape index (κ1) is 29.8. The number of carboxylic acid groups (broad SMARTS) is 1. The number of hydrogen-bond acceptors (Lipinski definition) is 4. The first-order chi connectivity index (χ1) is 20.8. The number of urea groups is 1. The van der Waals surface area contributed by atoms with E-state index in [2.05, 4.69) is 10.6 Å². The van der Waals surface area contributed by atoms with Gasteiger partial charge in [-0.1, -0.05) is 60.7 Å². The summed E-state index contributed by atoms with van der Waals surface area (Å²) in [6.07, 6.45) is 2.84. The fourth-order valence-electron chi connectivity index (χ4n) is 6.19. The lowest BCUT2D eigenvalue weighted by molar-refractivity contribution is -0.146. The number of hydrogen-bond donors (Lipinski definition) is 3. The zero-order valence-corrected chi connectivity index (χ0v) is 24.4. The summed E-state index contributed by atoms with van der Waals surface area (Å²) in [5, 5.41) is 14.8. The predicted octanol–water partition coefficient (Wildman–Crippen LogP) is 5.63. The summed E-state index contributed by atoms with van der Waals surface area (Å²) in [5.74, 6) is -0.911. The minimum atomic E-state index is -0.808. The molecule has 0 bridgehead atoms. The predicted molar refractivity (Wildman–Crippen MR) is 165 cm³/mol. The monoisotopic (exact) mass is 582 g/mol. The summed E-state index contributed by atoms with van der Waals surface area (Å²) >= 11 is 0. The van der Waals surface area contributed by atoms with Crippen molar-refractivity contribution in [3.05, 3.63) is 95.6 Å². The van der Waals surface area contributed by atoms with Crippen molar-refractivity contribution < 1.29 is 24.3 Å². The Morgan fingerprint density at radius 3 is 2.16 bits per heavy atom. The number of carbonyl (C=O) groups excluding carboxylic acids is 3. The Balaban J connectivity index is 1.25. The first-order valence-electron chi connectivity index (χ1n) is 14.9. The first-order valence-corrected chi connectivity index (χ1v) is 14.9. The van der Waals surface area contributed by atoms with Crippen LogP contribution < -0.4 is 10.6 Å². The number of likely N-dealkylation sites (tertiary alicyclic amines) is 2. The normalized spacial score (nSPS) is 18.7. The van der Waals surface area contributed by atoms with E-state index in [0.717, 1.165) is 22.4 Å². The van der Waals surface area contributed by atoms with Crippen LogP contribution in [0.15, 0.2) is 78.9 Å². The third-order valence-corrected chi connectivity index (χ3v) is 8.49. The summed E-state index contributed by atoms with van der Waals surface area (Å²) < 4.78 is 0. The highest BCUT2D eigenvalue weighted by Gasteiger charge is 2.43. The molecule has 9 nitrogen and oxygen atoms in total. The highest BCUT2D eigenvalue weighted by molar-refractivity contribution is 6.00. The summed E-state index contributed by atoms with van der Waals surface area (Å²) in [6.45, 7) is 2.95. The van der Waals surface area contributed by atoms with E-state index in [1.54, 1.807) is 21.9 Å². The van der Waals surface area contributed by atoms with Crippen LogP contribution >= 0.6 is 0 Å². The smallest absolute Gasteiger partial charge is 0.323 e. The zero-order valence-electron chi connectivity index (χ0n) is 24.4. The number of carboxylic acids is 1. The van der Waals surface area contributed by atoms with Gasteiger partial charge in [-0.25, -0.2) is 4.79 Å². The summed E-state index contributed by atoms with van der Waals surface area (Å²) in [6, 6.07) is 23.4. The third-order valence-electron chi connectivity index (χ3n) is 8.49. The van der Waals surface area contributed by atoms with E-state index in [0.29, 0.717) is 44.5 Å². The van der Waals surface area contributed by atoms with Gasteiger partial charge in [0.2, 0.25) is 11.8 Å². The van der Waals surface area contributed by atoms with Crippen molar-refractivity contribution in [3.63, 3.8) is 0 Å². The van der Waals surface area contributed by atoms with Gasteiger partial charge in [0.25, 0.3) is 0 Å². The van der Waals surface area contributed by atoms with Crippen LogP contribution in [-0.2, 0) is 20.8 Å². The molecule has 2 aliphatic rings. The molecule has 4 amide bonds. The Labute approximate surface area is 251 Å². The van der Waals surface area contributed by atoms with Crippen LogP contribution in [0.2, 0.25) is 0 Å². The van der Waals surface area contributed by atoms with Crippen molar-refractivity contribution >= 4 is 35.2 Å². The number of nitrogens with one attached hydrogen (secondary N) is 2.